The number of amides is 2. The smallest absolute Gasteiger partial charge is 0.254 e. The van der Waals surface area contributed by atoms with Gasteiger partial charge >= 0.3 is 0 Å². The number of aryl methyl sites for hydroxylation is 1. The van der Waals surface area contributed by atoms with Gasteiger partial charge in [0.1, 0.15) is 11.6 Å². The Kier molecular flexibility index (Phi) is 6.71. The first kappa shape index (κ1) is 21.1. The molecule has 29 heavy (non-hydrogen) atoms. The lowest BCUT2D eigenvalue weighted by molar-refractivity contribution is -0.117. The largest absolute Gasteiger partial charge is 0.495 e. The van der Waals surface area contributed by atoms with Crippen LogP contribution in [0.15, 0.2) is 36.4 Å². The number of rotatable bonds is 5. The van der Waals surface area contributed by atoms with Gasteiger partial charge < -0.3 is 15.0 Å². The molecule has 1 aliphatic heterocycles. The second kappa shape index (κ2) is 9.24. The minimum atomic E-state index is -0.384. The molecule has 1 heterocycles. The Morgan fingerprint density at radius 3 is 2.48 bits per heavy atom. The molecular weight excluding hydrogens is 397 g/mol. The van der Waals surface area contributed by atoms with E-state index < -0.39 is 0 Å². The van der Waals surface area contributed by atoms with Gasteiger partial charge in [0.25, 0.3) is 5.91 Å². The summed E-state index contributed by atoms with van der Waals surface area (Å²) in [5.74, 6) is -0.198. The van der Waals surface area contributed by atoms with Crippen molar-refractivity contribution in [2.24, 2.45) is 0 Å². The molecule has 8 heteroatoms. The fourth-order valence-corrected chi connectivity index (χ4v) is 3.42. The molecule has 6 nitrogen and oxygen atoms in total. The van der Waals surface area contributed by atoms with E-state index in [1.54, 1.807) is 42.2 Å². The summed E-state index contributed by atoms with van der Waals surface area (Å²) in [5, 5.41) is 3.23. The molecule has 154 valence electrons. The quantitative estimate of drug-likeness (QED) is 0.808. The highest BCUT2D eigenvalue weighted by molar-refractivity contribution is 6.32. The van der Waals surface area contributed by atoms with Crippen molar-refractivity contribution in [2.75, 3.05) is 45.2 Å². The molecule has 0 spiro atoms. The molecule has 0 aliphatic carbocycles. The molecule has 1 fully saturated rings. The van der Waals surface area contributed by atoms with Crippen molar-refractivity contribution in [3.63, 3.8) is 0 Å². The second-order valence-electron chi connectivity index (χ2n) is 6.93. The summed E-state index contributed by atoms with van der Waals surface area (Å²) in [7, 11) is 1.53. The summed E-state index contributed by atoms with van der Waals surface area (Å²) < 4.78 is 18.8. The first-order chi connectivity index (χ1) is 13.9. The van der Waals surface area contributed by atoms with Crippen LogP contribution < -0.4 is 10.1 Å². The number of benzene rings is 2. The Labute approximate surface area is 174 Å². The molecule has 2 aromatic rings. The first-order valence-corrected chi connectivity index (χ1v) is 9.66. The molecule has 0 radical (unpaired) electrons. The lowest BCUT2D eigenvalue weighted by Crippen LogP contribution is -2.50. The van der Waals surface area contributed by atoms with Crippen LogP contribution in [0.25, 0.3) is 0 Å². The normalized spacial score (nSPS) is 14.6. The van der Waals surface area contributed by atoms with E-state index in [-0.39, 0.29) is 24.2 Å². The fourth-order valence-electron chi connectivity index (χ4n) is 3.17. The van der Waals surface area contributed by atoms with E-state index in [0.717, 1.165) is 0 Å². The van der Waals surface area contributed by atoms with Crippen LogP contribution >= 0.6 is 11.6 Å². The number of piperazine rings is 1. The fraction of sp³-hybridized carbons (Fsp3) is 0.333. The number of nitrogens with zero attached hydrogens (tertiary/aromatic N) is 2. The lowest BCUT2D eigenvalue weighted by atomic mass is 10.1. The van der Waals surface area contributed by atoms with E-state index in [1.807, 2.05) is 4.90 Å². The van der Waals surface area contributed by atoms with E-state index in [4.69, 9.17) is 16.3 Å². The molecule has 0 unspecified atom stereocenters. The van der Waals surface area contributed by atoms with Gasteiger partial charge in [-0.15, -0.1) is 0 Å². The average Bonchev–Trinajstić information content (AvgIpc) is 2.70. The first-order valence-electron chi connectivity index (χ1n) is 9.28. The number of carbonyl (C=O) groups excluding carboxylic acids is 2. The molecule has 2 aromatic carbocycles. The van der Waals surface area contributed by atoms with E-state index in [2.05, 4.69) is 5.32 Å². The Hall–Kier alpha value is -2.64. The summed E-state index contributed by atoms with van der Waals surface area (Å²) in [5.41, 5.74) is 1.45. The van der Waals surface area contributed by atoms with Gasteiger partial charge in [-0.05, 0) is 42.8 Å². The highest BCUT2D eigenvalue weighted by Crippen LogP contribution is 2.27. The molecule has 2 amide bonds. The van der Waals surface area contributed by atoms with Crippen LogP contribution in [0, 0.1) is 12.7 Å². The Bertz CT molecular complexity index is 914. The topological polar surface area (TPSA) is 61.9 Å². The third-order valence-corrected chi connectivity index (χ3v) is 5.18. The Morgan fingerprint density at radius 1 is 1.14 bits per heavy atom. The van der Waals surface area contributed by atoms with E-state index in [9.17, 15) is 14.0 Å². The summed E-state index contributed by atoms with van der Waals surface area (Å²) in [6.07, 6.45) is 0. The van der Waals surface area contributed by atoms with E-state index in [1.165, 1.54) is 13.2 Å². The Morgan fingerprint density at radius 2 is 1.86 bits per heavy atom. The monoisotopic (exact) mass is 419 g/mol. The van der Waals surface area contributed by atoms with Crippen LogP contribution in [-0.2, 0) is 4.79 Å². The van der Waals surface area contributed by atoms with Gasteiger partial charge in [-0.2, -0.15) is 0 Å². The maximum Gasteiger partial charge on any atom is 0.254 e. The van der Waals surface area contributed by atoms with Gasteiger partial charge in [0, 0.05) is 37.4 Å². The van der Waals surface area contributed by atoms with Crippen LogP contribution in [0.2, 0.25) is 5.02 Å². The SMILES string of the molecule is COc1ccc(NC(=O)CN2CCN(C(=O)c3ccc(C)c(F)c3)CC2)cc1Cl. The predicted molar refractivity (Wildman–Crippen MR) is 110 cm³/mol. The average molecular weight is 420 g/mol. The molecule has 1 saturated heterocycles. The zero-order valence-corrected chi connectivity index (χ0v) is 17.1. The van der Waals surface area contributed by atoms with Gasteiger partial charge in [0.15, 0.2) is 0 Å². The maximum absolute atomic E-state index is 13.7. The summed E-state index contributed by atoms with van der Waals surface area (Å²) in [4.78, 5) is 28.5. The van der Waals surface area contributed by atoms with E-state index in [0.29, 0.717) is 53.8 Å². The van der Waals surface area contributed by atoms with Crippen molar-refractivity contribution in [3.05, 3.63) is 58.4 Å². The molecule has 1 aliphatic rings. The summed E-state index contributed by atoms with van der Waals surface area (Å²) in [6.45, 7) is 3.97. The van der Waals surface area contributed by atoms with Gasteiger partial charge in [-0.3, -0.25) is 14.5 Å². The van der Waals surface area contributed by atoms with Crippen molar-refractivity contribution in [1.82, 2.24) is 9.80 Å². The van der Waals surface area contributed by atoms with Gasteiger partial charge in [0.05, 0.1) is 18.7 Å². The Balaban J connectivity index is 1.50. The highest BCUT2D eigenvalue weighted by atomic mass is 35.5. The molecule has 0 saturated carbocycles. The maximum atomic E-state index is 13.7. The minimum absolute atomic E-state index is 0.161. The van der Waals surface area contributed by atoms with Crippen molar-refractivity contribution >= 4 is 29.1 Å². The van der Waals surface area contributed by atoms with Crippen LogP contribution in [0.1, 0.15) is 15.9 Å². The van der Waals surface area contributed by atoms with Crippen LogP contribution in [0.5, 0.6) is 5.75 Å². The van der Waals surface area contributed by atoms with Crippen molar-refractivity contribution in [2.45, 2.75) is 6.92 Å². The standard InChI is InChI=1S/C21H23ClFN3O3/c1-14-3-4-15(11-18(14)23)21(28)26-9-7-25(8-10-26)13-20(27)24-16-5-6-19(29-2)17(22)12-16/h3-6,11-12H,7-10,13H2,1-2H3,(H,24,27). The van der Waals surface area contributed by atoms with Crippen molar-refractivity contribution < 1.29 is 18.7 Å². The van der Waals surface area contributed by atoms with Crippen LogP contribution in [0.3, 0.4) is 0 Å². The molecule has 0 aromatic heterocycles. The van der Waals surface area contributed by atoms with Crippen molar-refractivity contribution in [1.29, 1.82) is 0 Å². The number of anilines is 1. The van der Waals surface area contributed by atoms with Crippen LogP contribution in [0.4, 0.5) is 10.1 Å². The number of nitrogens with one attached hydrogen (secondary N) is 1. The van der Waals surface area contributed by atoms with Gasteiger partial charge in [0.2, 0.25) is 5.91 Å². The second-order valence-corrected chi connectivity index (χ2v) is 7.34. The molecule has 3 rings (SSSR count). The van der Waals surface area contributed by atoms with Crippen molar-refractivity contribution in [3.8, 4) is 5.75 Å². The molecule has 0 bridgehead atoms. The minimum Gasteiger partial charge on any atom is -0.495 e. The zero-order chi connectivity index (χ0) is 21.0. The summed E-state index contributed by atoms with van der Waals surface area (Å²) >= 11 is 6.07. The van der Waals surface area contributed by atoms with E-state index >= 15 is 0 Å². The third-order valence-electron chi connectivity index (χ3n) is 4.88. The predicted octanol–water partition coefficient (Wildman–Crippen LogP) is 3.19. The summed E-state index contributed by atoms with van der Waals surface area (Å²) in [6, 6.07) is 9.57. The number of hydrogen-bond acceptors (Lipinski definition) is 4. The van der Waals surface area contributed by atoms with Gasteiger partial charge in [-0.1, -0.05) is 17.7 Å². The van der Waals surface area contributed by atoms with Crippen LogP contribution in [-0.4, -0.2) is 61.4 Å². The molecule has 0 atom stereocenters. The number of halogens is 2. The highest BCUT2D eigenvalue weighted by Gasteiger charge is 2.23. The third kappa shape index (κ3) is 5.25. The number of carbonyl (C=O) groups is 2. The molecular formula is C21H23ClFN3O3. The number of hydrogen-bond donors (Lipinski definition) is 1. The number of methoxy groups -OCH3 is 1. The molecule has 1 N–H and O–H groups in total. The lowest BCUT2D eigenvalue weighted by Gasteiger charge is -2.34. The number of ether oxygens (including phenoxy) is 1. The zero-order valence-electron chi connectivity index (χ0n) is 16.4. The van der Waals surface area contributed by atoms with Gasteiger partial charge in [-0.25, -0.2) is 4.39 Å².